The van der Waals surface area contributed by atoms with Crippen molar-refractivity contribution in [1.29, 1.82) is 0 Å². The summed E-state index contributed by atoms with van der Waals surface area (Å²) in [4.78, 5) is 26.7. The van der Waals surface area contributed by atoms with Crippen molar-refractivity contribution in [3.8, 4) is 0 Å². The molecule has 3 heterocycles. The standard InChI is InChI=1S/C14H20N4O4S/c1-11-13(14(20)17-5-3-16(10-19)4-6-17)8-15-18(11)12-2-7-23(21,22)9-12/h8,10,12H,2-7,9H2,1H3. The number of hydrogen-bond acceptors (Lipinski definition) is 5. The Balaban J connectivity index is 1.74. The van der Waals surface area contributed by atoms with Crippen LogP contribution in [-0.2, 0) is 14.6 Å². The van der Waals surface area contributed by atoms with E-state index in [0.717, 1.165) is 6.41 Å². The van der Waals surface area contributed by atoms with Crippen LogP contribution in [0, 0.1) is 6.92 Å². The number of aromatic nitrogens is 2. The zero-order chi connectivity index (χ0) is 16.6. The zero-order valence-corrected chi connectivity index (χ0v) is 13.8. The second-order valence-corrected chi connectivity index (χ2v) is 8.31. The fourth-order valence-electron chi connectivity index (χ4n) is 3.17. The van der Waals surface area contributed by atoms with E-state index >= 15 is 0 Å². The molecular weight excluding hydrogens is 320 g/mol. The zero-order valence-electron chi connectivity index (χ0n) is 13.0. The average Bonchev–Trinajstić information content (AvgIpc) is 3.09. The highest BCUT2D eigenvalue weighted by Gasteiger charge is 2.32. The second kappa shape index (κ2) is 5.95. The summed E-state index contributed by atoms with van der Waals surface area (Å²) in [6.07, 6.45) is 2.86. The molecule has 0 aliphatic carbocycles. The van der Waals surface area contributed by atoms with Gasteiger partial charge in [0.2, 0.25) is 6.41 Å². The van der Waals surface area contributed by atoms with Crippen molar-refractivity contribution in [1.82, 2.24) is 19.6 Å². The quantitative estimate of drug-likeness (QED) is 0.690. The fourth-order valence-corrected chi connectivity index (χ4v) is 4.86. The fraction of sp³-hybridized carbons (Fsp3) is 0.643. The van der Waals surface area contributed by atoms with Gasteiger partial charge in [-0.2, -0.15) is 5.10 Å². The Bertz CT molecular complexity index is 719. The number of carbonyl (C=O) groups is 2. The lowest BCUT2D eigenvalue weighted by Crippen LogP contribution is -2.48. The first kappa shape index (κ1) is 16.0. The minimum absolute atomic E-state index is 0.0845. The van der Waals surface area contributed by atoms with Crippen molar-refractivity contribution in [3.63, 3.8) is 0 Å². The van der Waals surface area contributed by atoms with Gasteiger partial charge in [-0.15, -0.1) is 0 Å². The number of carbonyl (C=O) groups excluding carboxylic acids is 2. The summed E-state index contributed by atoms with van der Waals surface area (Å²) in [6, 6.07) is -0.187. The van der Waals surface area contributed by atoms with Crippen molar-refractivity contribution in [2.75, 3.05) is 37.7 Å². The van der Waals surface area contributed by atoms with Gasteiger partial charge in [-0.3, -0.25) is 14.3 Å². The van der Waals surface area contributed by atoms with Crippen LogP contribution in [0.25, 0.3) is 0 Å². The van der Waals surface area contributed by atoms with Gasteiger partial charge in [-0.1, -0.05) is 0 Å². The summed E-state index contributed by atoms with van der Waals surface area (Å²) in [5, 5.41) is 4.25. The Morgan fingerprint density at radius 1 is 1.30 bits per heavy atom. The maximum absolute atomic E-state index is 12.6. The lowest BCUT2D eigenvalue weighted by atomic mass is 10.2. The maximum atomic E-state index is 12.6. The Labute approximate surface area is 135 Å². The van der Waals surface area contributed by atoms with Gasteiger partial charge >= 0.3 is 0 Å². The van der Waals surface area contributed by atoms with Gasteiger partial charge in [0.05, 0.1) is 29.3 Å². The molecule has 1 aromatic rings. The molecule has 126 valence electrons. The molecular formula is C14H20N4O4S. The van der Waals surface area contributed by atoms with Crippen LogP contribution in [0.4, 0.5) is 0 Å². The third-order valence-electron chi connectivity index (χ3n) is 4.58. The number of amides is 2. The highest BCUT2D eigenvalue weighted by atomic mass is 32.2. The van der Waals surface area contributed by atoms with Crippen LogP contribution in [0.15, 0.2) is 6.20 Å². The monoisotopic (exact) mass is 340 g/mol. The first-order valence-electron chi connectivity index (χ1n) is 7.64. The van der Waals surface area contributed by atoms with Crippen LogP contribution in [0.3, 0.4) is 0 Å². The maximum Gasteiger partial charge on any atom is 0.257 e. The molecule has 2 fully saturated rings. The van der Waals surface area contributed by atoms with Gasteiger partial charge in [0.15, 0.2) is 9.84 Å². The molecule has 1 aromatic heterocycles. The highest BCUT2D eigenvalue weighted by molar-refractivity contribution is 7.91. The molecule has 9 heteroatoms. The van der Waals surface area contributed by atoms with Crippen LogP contribution < -0.4 is 0 Å². The first-order chi connectivity index (χ1) is 10.9. The summed E-state index contributed by atoms with van der Waals surface area (Å²) < 4.78 is 24.9. The van der Waals surface area contributed by atoms with Crippen LogP contribution in [-0.4, -0.2) is 78.0 Å². The summed E-state index contributed by atoms with van der Waals surface area (Å²) in [6.45, 7) is 3.86. The summed E-state index contributed by atoms with van der Waals surface area (Å²) in [7, 11) is -3.00. The topological polar surface area (TPSA) is 92.6 Å². The summed E-state index contributed by atoms with van der Waals surface area (Å²) in [5.41, 5.74) is 1.21. The third kappa shape index (κ3) is 3.10. The molecule has 2 saturated heterocycles. The number of hydrogen-bond donors (Lipinski definition) is 0. The Hall–Kier alpha value is -1.90. The minimum atomic E-state index is -3.00. The van der Waals surface area contributed by atoms with E-state index in [-0.39, 0.29) is 23.5 Å². The SMILES string of the molecule is Cc1c(C(=O)N2CCN(C=O)CC2)cnn1C1CCS(=O)(=O)C1. The van der Waals surface area contributed by atoms with E-state index < -0.39 is 9.84 Å². The number of piperazine rings is 1. The molecule has 23 heavy (non-hydrogen) atoms. The lowest BCUT2D eigenvalue weighted by molar-refractivity contribution is -0.119. The van der Waals surface area contributed by atoms with Gasteiger partial charge in [-0.25, -0.2) is 8.42 Å². The van der Waals surface area contributed by atoms with Crippen molar-refractivity contribution in [2.45, 2.75) is 19.4 Å². The van der Waals surface area contributed by atoms with Gasteiger partial charge in [0.25, 0.3) is 5.91 Å². The van der Waals surface area contributed by atoms with E-state index in [9.17, 15) is 18.0 Å². The molecule has 0 radical (unpaired) electrons. The van der Waals surface area contributed by atoms with Crippen LogP contribution in [0.2, 0.25) is 0 Å². The molecule has 1 unspecified atom stereocenters. The Morgan fingerprint density at radius 3 is 2.57 bits per heavy atom. The van der Waals surface area contributed by atoms with E-state index in [1.165, 1.54) is 6.20 Å². The Kier molecular flexibility index (Phi) is 4.13. The van der Waals surface area contributed by atoms with E-state index in [1.807, 2.05) is 0 Å². The molecule has 1 atom stereocenters. The number of rotatable bonds is 3. The van der Waals surface area contributed by atoms with E-state index in [4.69, 9.17) is 0 Å². The van der Waals surface area contributed by atoms with Crippen LogP contribution >= 0.6 is 0 Å². The second-order valence-electron chi connectivity index (χ2n) is 6.08. The molecule has 0 aromatic carbocycles. The first-order valence-corrected chi connectivity index (χ1v) is 9.46. The van der Waals surface area contributed by atoms with Gasteiger partial charge in [0.1, 0.15) is 0 Å². The summed E-state index contributed by atoms with van der Waals surface area (Å²) >= 11 is 0. The molecule has 0 spiro atoms. The van der Waals surface area contributed by atoms with Gasteiger partial charge in [0, 0.05) is 31.9 Å². The van der Waals surface area contributed by atoms with Crippen molar-refractivity contribution in [3.05, 3.63) is 17.5 Å². The molecule has 2 aliphatic rings. The molecule has 3 rings (SSSR count). The largest absolute Gasteiger partial charge is 0.342 e. The van der Waals surface area contributed by atoms with E-state index in [1.54, 1.807) is 21.4 Å². The third-order valence-corrected chi connectivity index (χ3v) is 6.33. The molecule has 8 nitrogen and oxygen atoms in total. The number of nitrogens with zero attached hydrogens (tertiary/aromatic N) is 4. The van der Waals surface area contributed by atoms with Crippen molar-refractivity contribution in [2.24, 2.45) is 0 Å². The molecule has 2 amide bonds. The minimum Gasteiger partial charge on any atom is -0.342 e. The van der Waals surface area contributed by atoms with Crippen LogP contribution in [0.1, 0.15) is 28.5 Å². The Morgan fingerprint density at radius 2 is 2.00 bits per heavy atom. The van der Waals surface area contributed by atoms with E-state index in [2.05, 4.69) is 5.10 Å². The smallest absolute Gasteiger partial charge is 0.257 e. The van der Waals surface area contributed by atoms with E-state index in [0.29, 0.717) is 43.9 Å². The molecule has 0 N–H and O–H groups in total. The molecule has 0 saturated carbocycles. The van der Waals surface area contributed by atoms with Gasteiger partial charge in [-0.05, 0) is 13.3 Å². The summed E-state index contributed by atoms with van der Waals surface area (Å²) in [5.74, 6) is 0.148. The van der Waals surface area contributed by atoms with Crippen molar-refractivity contribution >= 4 is 22.2 Å². The normalized spacial score (nSPS) is 24.0. The molecule has 2 aliphatic heterocycles. The predicted octanol–water partition coefficient (Wildman–Crippen LogP) is -0.535. The predicted molar refractivity (Wildman–Crippen MR) is 82.8 cm³/mol. The highest BCUT2D eigenvalue weighted by Crippen LogP contribution is 2.25. The van der Waals surface area contributed by atoms with Crippen LogP contribution in [0.5, 0.6) is 0 Å². The molecule has 0 bridgehead atoms. The van der Waals surface area contributed by atoms with Crippen molar-refractivity contribution < 1.29 is 18.0 Å². The average molecular weight is 340 g/mol. The lowest BCUT2D eigenvalue weighted by Gasteiger charge is -2.32. The van der Waals surface area contributed by atoms with Gasteiger partial charge < -0.3 is 9.80 Å². The number of sulfone groups is 1.